The van der Waals surface area contributed by atoms with Crippen LogP contribution < -0.4 is 5.32 Å². The Morgan fingerprint density at radius 2 is 2.09 bits per heavy atom. The Bertz CT molecular complexity index is 685. The quantitative estimate of drug-likeness (QED) is 0.610. The van der Waals surface area contributed by atoms with Crippen LogP contribution in [0.4, 0.5) is 5.13 Å². The molecule has 0 radical (unpaired) electrons. The summed E-state index contributed by atoms with van der Waals surface area (Å²) in [7, 11) is 0. The minimum absolute atomic E-state index is 0.114. The minimum atomic E-state index is -0.319. The zero-order valence-electron chi connectivity index (χ0n) is 13.0. The lowest BCUT2D eigenvalue weighted by molar-refractivity contribution is -0.142. The number of amides is 1. The van der Waals surface area contributed by atoms with Gasteiger partial charge in [0.2, 0.25) is 0 Å². The molecule has 5 nitrogen and oxygen atoms in total. The molecule has 2 aromatic rings. The third-order valence-corrected chi connectivity index (χ3v) is 4.60. The molecule has 1 N–H and O–H groups in total. The molecule has 0 unspecified atom stereocenters. The molecule has 1 aromatic heterocycles. The summed E-state index contributed by atoms with van der Waals surface area (Å²) in [5.74, 6) is 0.379. The average Bonchev–Trinajstić information content (AvgIpc) is 2.95. The van der Waals surface area contributed by atoms with Gasteiger partial charge in [-0.05, 0) is 24.8 Å². The highest BCUT2D eigenvalue weighted by Crippen LogP contribution is 2.24. The van der Waals surface area contributed by atoms with E-state index < -0.39 is 0 Å². The minimum Gasteiger partial charge on any atom is -0.466 e. The number of hydrogen-bond acceptors (Lipinski definition) is 6. The van der Waals surface area contributed by atoms with E-state index in [2.05, 4.69) is 10.3 Å². The second-order valence-corrected chi connectivity index (χ2v) is 6.67. The number of thiazole rings is 1. The number of esters is 1. The number of nitrogens with zero attached hydrogens (tertiary/aromatic N) is 1. The second-order valence-electron chi connectivity index (χ2n) is 4.51. The van der Waals surface area contributed by atoms with Gasteiger partial charge >= 0.3 is 5.97 Å². The molecule has 0 bridgehead atoms. The van der Waals surface area contributed by atoms with Crippen molar-refractivity contribution in [2.75, 3.05) is 17.7 Å². The Labute approximate surface area is 143 Å². The van der Waals surface area contributed by atoms with E-state index in [1.807, 2.05) is 25.1 Å². The van der Waals surface area contributed by atoms with Crippen molar-refractivity contribution in [3.05, 3.63) is 40.9 Å². The number of carbonyl (C=O) groups excluding carboxylic acids is 2. The molecule has 23 heavy (non-hydrogen) atoms. The highest BCUT2D eigenvalue weighted by molar-refractivity contribution is 7.99. The first-order valence-electron chi connectivity index (χ1n) is 7.27. The molecule has 0 atom stereocenters. The number of ether oxygens (including phenoxy) is 1. The van der Waals surface area contributed by atoms with Gasteiger partial charge in [0.15, 0.2) is 5.13 Å². The van der Waals surface area contributed by atoms with E-state index >= 15 is 0 Å². The van der Waals surface area contributed by atoms with Crippen LogP contribution in [0.5, 0.6) is 0 Å². The van der Waals surface area contributed by atoms with Crippen LogP contribution in [0.1, 0.15) is 29.9 Å². The Morgan fingerprint density at radius 1 is 1.30 bits per heavy atom. The van der Waals surface area contributed by atoms with Crippen molar-refractivity contribution < 1.29 is 14.3 Å². The van der Waals surface area contributed by atoms with E-state index in [-0.39, 0.29) is 18.3 Å². The standard InChI is InChI=1S/C16H18N2O3S2/c1-3-21-14(19)9-11-10-23-16(17-11)18-15(20)12-7-5-6-8-13(12)22-4-2/h5-8,10H,3-4,9H2,1-2H3,(H,17,18,20). The zero-order valence-corrected chi connectivity index (χ0v) is 14.6. The maximum Gasteiger partial charge on any atom is 0.311 e. The molecule has 0 spiro atoms. The Hall–Kier alpha value is -1.86. The van der Waals surface area contributed by atoms with E-state index in [1.165, 1.54) is 11.3 Å². The summed E-state index contributed by atoms with van der Waals surface area (Å²) in [5, 5.41) is 5.01. The number of thioether (sulfide) groups is 1. The maximum absolute atomic E-state index is 12.4. The van der Waals surface area contributed by atoms with Gasteiger partial charge in [-0.3, -0.25) is 14.9 Å². The molecule has 1 heterocycles. The summed E-state index contributed by atoms with van der Waals surface area (Å²) in [5.41, 5.74) is 1.22. The molecule has 122 valence electrons. The number of aromatic nitrogens is 1. The first kappa shape index (κ1) is 17.5. The van der Waals surface area contributed by atoms with Crippen molar-refractivity contribution in [1.82, 2.24) is 4.98 Å². The zero-order chi connectivity index (χ0) is 16.7. The number of carbonyl (C=O) groups is 2. The Kier molecular flexibility index (Phi) is 6.61. The van der Waals surface area contributed by atoms with Crippen LogP contribution in [0.25, 0.3) is 0 Å². The van der Waals surface area contributed by atoms with E-state index in [9.17, 15) is 9.59 Å². The number of nitrogens with one attached hydrogen (secondary N) is 1. The molecule has 0 aliphatic rings. The summed E-state index contributed by atoms with van der Waals surface area (Å²) in [6.45, 7) is 4.15. The Balaban J connectivity index is 2.04. The number of hydrogen-bond donors (Lipinski definition) is 1. The van der Waals surface area contributed by atoms with Gasteiger partial charge in [0.25, 0.3) is 5.91 Å². The summed E-state index contributed by atoms with van der Waals surface area (Å²) in [6.07, 6.45) is 0.114. The van der Waals surface area contributed by atoms with Crippen LogP contribution >= 0.6 is 23.1 Å². The molecule has 2 rings (SSSR count). The topological polar surface area (TPSA) is 68.3 Å². The van der Waals surface area contributed by atoms with Gasteiger partial charge in [-0.25, -0.2) is 4.98 Å². The first-order valence-corrected chi connectivity index (χ1v) is 9.13. The third-order valence-electron chi connectivity index (χ3n) is 2.83. The van der Waals surface area contributed by atoms with Crippen molar-refractivity contribution in [1.29, 1.82) is 0 Å². The SMILES string of the molecule is CCOC(=O)Cc1csc(NC(=O)c2ccccc2SCC)n1. The molecular formula is C16H18N2O3S2. The van der Waals surface area contributed by atoms with Gasteiger partial charge in [0.1, 0.15) is 0 Å². The number of rotatable bonds is 7. The third kappa shape index (κ3) is 5.07. The van der Waals surface area contributed by atoms with Crippen molar-refractivity contribution in [2.24, 2.45) is 0 Å². The summed E-state index contributed by atoms with van der Waals surface area (Å²) >= 11 is 2.92. The second kappa shape index (κ2) is 8.69. The molecule has 0 aliphatic heterocycles. The lowest BCUT2D eigenvalue weighted by Crippen LogP contribution is -2.13. The predicted octanol–water partition coefficient (Wildman–Crippen LogP) is 3.61. The fourth-order valence-electron chi connectivity index (χ4n) is 1.91. The van der Waals surface area contributed by atoms with Crippen molar-refractivity contribution >= 4 is 40.1 Å². The molecule has 7 heteroatoms. The number of benzene rings is 1. The first-order chi connectivity index (χ1) is 11.1. The molecule has 1 aromatic carbocycles. The smallest absolute Gasteiger partial charge is 0.311 e. The number of anilines is 1. The lowest BCUT2D eigenvalue weighted by atomic mass is 10.2. The van der Waals surface area contributed by atoms with Crippen molar-refractivity contribution in [3.8, 4) is 0 Å². The van der Waals surface area contributed by atoms with E-state index in [0.29, 0.717) is 23.0 Å². The lowest BCUT2D eigenvalue weighted by Gasteiger charge is -2.07. The maximum atomic E-state index is 12.4. The summed E-state index contributed by atoms with van der Waals surface area (Å²) < 4.78 is 4.88. The van der Waals surface area contributed by atoms with Crippen LogP contribution in [0.3, 0.4) is 0 Å². The normalized spacial score (nSPS) is 10.3. The monoisotopic (exact) mass is 350 g/mol. The Morgan fingerprint density at radius 3 is 2.83 bits per heavy atom. The highest BCUT2D eigenvalue weighted by atomic mass is 32.2. The van der Waals surface area contributed by atoms with Gasteiger partial charge in [0, 0.05) is 10.3 Å². The van der Waals surface area contributed by atoms with Gasteiger partial charge in [-0.1, -0.05) is 19.1 Å². The molecule has 1 amide bonds. The van der Waals surface area contributed by atoms with Gasteiger partial charge < -0.3 is 4.74 Å². The van der Waals surface area contributed by atoms with E-state index in [1.54, 1.807) is 30.1 Å². The van der Waals surface area contributed by atoms with Gasteiger partial charge in [-0.2, -0.15) is 0 Å². The highest BCUT2D eigenvalue weighted by Gasteiger charge is 2.14. The fourth-order valence-corrected chi connectivity index (χ4v) is 3.41. The van der Waals surface area contributed by atoms with Crippen LogP contribution in [0.15, 0.2) is 34.5 Å². The van der Waals surface area contributed by atoms with Crippen LogP contribution in [-0.4, -0.2) is 29.2 Å². The van der Waals surface area contributed by atoms with Gasteiger partial charge in [0.05, 0.1) is 24.3 Å². The molecule has 0 aliphatic carbocycles. The van der Waals surface area contributed by atoms with Crippen molar-refractivity contribution in [3.63, 3.8) is 0 Å². The molecule has 0 fully saturated rings. The molecular weight excluding hydrogens is 332 g/mol. The van der Waals surface area contributed by atoms with E-state index in [4.69, 9.17) is 4.74 Å². The largest absolute Gasteiger partial charge is 0.466 e. The van der Waals surface area contributed by atoms with Crippen LogP contribution in [-0.2, 0) is 16.0 Å². The summed E-state index contributed by atoms with van der Waals surface area (Å²) in [6, 6.07) is 7.47. The predicted molar refractivity (Wildman–Crippen MR) is 93.2 cm³/mol. The molecule has 0 saturated heterocycles. The van der Waals surface area contributed by atoms with Crippen molar-refractivity contribution in [2.45, 2.75) is 25.2 Å². The summed E-state index contributed by atoms with van der Waals surface area (Å²) in [4.78, 5) is 29.0. The average molecular weight is 350 g/mol. The van der Waals surface area contributed by atoms with Gasteiger partial charge in [-0.15, -0.1) is 23.1 Å². The van der Waals surface area contributed by atoms with Crippen LogP contribution in [0.2, 0.25) is 0 Å². The van der Waals surface area contributed by atoms with E-state index in [0.717, 1.165) is 10.6 Å². The van der Waals surface area contributed by atoms with Crippen LogP contribution in [0, 0.1) is 0 Å². The fraction of sp³-hybridized carbons (Fsp3) is 0.312. The molecule has 0 saturated carbocycles.